The van der Waals surface area contributed by atoms with E-state index in [9.17, 15) is 5.11 Å². The molecule has 2 nitrogen and oxygen atoms in total. The topological polar surface area (TPSA) is 40.5 Å². The molecule has 0 heterocycles. The number of benzene rings is 1. The number of aliphatic hydroxyl groups is 2. The van der Waals surface area contributed by atoms with Crippen LogP contribution < -0.4 is 0 Å². The van der Waals surface area contributed by atoms with Crippen LogP contribution in [0.15, 0.2) is 28.7 Å². The van der Waals surface area contributed by atoms with Gasteiger partial charge in [-0.05, 0) is 24.6 Å². The third kappa shape index (κ3) is 2.06. The van der Waals surface area contributed by atoms with Gasteiger partial charge < -0.3 is 10.2 Å². The van der Waals surface area contributed by atoms with E-state index in [-0.39, 0.29) is 0 Å². The van der Waals surface area contributed by atoms with Gasteiger partial charge in [-0.2, -0.15) is 0 Å². The fourth-order valence-corrected chi connectivity index (χ4v) is 1.13. The van der Waals surface area contributed by atoms with Crippen molar-refractivity contribution in [3.63, 3.8) is 0 Å². The smallest absolute Gasteiger partial charge is 0.116 e. The molecule has 0 saturated carbocycles. The minimum absolute atomic E-state index is 0.660. The Morgan fingerprint density at radius 1 is 1.33 bits per heavy atom. The van der Waals surface area contributed by atoms with E-state index in [0.717, 1.165) is 11.1 Å². The number of hydrogen-bond acceptors (Lipinski definition) is 2. The van der Waals surface area contributed by atoms with Crippen molar-refractivity contribution in [2.45, 2.75) is 12.5 Å². The zero-order valence-electron chi connectivity index (χ0n) is 6.66. The second kappa shape index (κ2) is 3.56. The first kappa shape index (κ1) is 9.71. The van der Waals surface area contributed by atoms with Gasteiger partial charge in [0.05, 0.1) is 0 Å². The summed E-state index contributed by atoms with van der Waals surface area (Å²) in [5.41, 5.74) is -0.603. The summed E-state index contributed by atoms with van der Waals surface area (Å²) in [5, 5.41) is 18.3. The molecule has 1 rings (SSSR count). The molecule has 0 aromatic heterocycles. The largest absolute Gasteiger partial charge is 0.387 e. The van der Waals surface area contributed by atoms with E-state index in [0.29, 0.717) is 5.56 Å². The van der Waals surface area contributed by atoms with Gasteiger partial charge in [0.1, 0.15) is 12.2 Å². The van der Waals surface area contributed by atoms with Gasteiger partial charge in [-0.15, -0.1) is 0 Å². The lowest BCUT2D eigenvalue weighted by molar-refractivity contribution is 0.0424. The highest BCUT2D eigenvalue weighted by molar-refractivity contribution is 9.10. The molecule has 0 fully saturated rings. The lowest BCUT2D eigenvalue weighted by atomic mass is 9.97. The lowest BCUT2D eigenvalue weighted by Gasteiger charge is -2.19. The van der Waals surface area contributed by atoms with E-state index in [2.05, 4.69) is 15.9 Å². The fourth-order valence-electron chi connectivity index (χ4n) is 0.862. The number of halogens is 1. The van der Waals surface area contributed by atoms with Crippen LogP contribution in [0.1, 0.15) is 12.5 Å². The van der Waals surface area contributed by atoms with E-state index in [4.69, 9.17) is 5.11 Å². The number of aliphatic hydroxyl groups excluding tert-OH is 1. The molecule has 1 aromatic rings. The fraction of sp³-hybridized carbons (Fsp3) is 0.222. The second-order valence-electron chi connectivity index (χ2n) is 2.78. The second-order valence-corrected chi connectivity index (χ2v) is 3.70. The normalized spacial score (nSPS) is 15.7. The van der Waals surface area contributed by atoms with Crippen LogP contribution in [0.4, 0.5) is 0 Å². The molecule has 0 spiro atoms. The predicted octanol–water partition coefficient (Wildman–Crippen LogP) is 2.19. The van der Waals surface area contributed by atoms with Crippen molar-refractivity contribution >= 4 is 15.9 Å². The van der Waals surface area contributed by atoms with E-state index >= 15 is 0 Å². The molecule has 1 aromatic carbocycles. The highest BCUT2D eigenvalue weighted by Crippen LogP contribution is 2.23. The third-order valence-electron chi connectivity index (χ3n) is 1.68. The summed E-state index contributed by atoms with van der Waals surface area (Å²) >= 11 is 3.28. The highest BCUT2D eigenvalue weighted by Gasteiger charge is 2.21. The maximum Gasteiger partial charge on any atom is 0.116 e. The van der Waals surface area contributed by atoms with Crippen LogP contribution in [0.5, 0.6) is 0 Å². The maximum absolute atomic E-state index is 9.56. The van der Waals surface area contributed by atoms with Gasteiger partial charge in [0.25, 0.3) is 0 Å². The lowest BCUT2D eigenvalue weighted by Crippen LogP contribution is -2.21. The summed E-state index contributed by atoms with van der Waals surface area (Å²) in [5.74, 6) is 0. The van der Waals surface area contributed by atoms with Gasteiger partial charge in [0, 0.05) is 4.47 Å². The Kier molecular flexibility index (Phi) is 2.88. The molecule has 1 atom stereocenters. The Balaban J connectivity index is 2.96. The van der Waals surface area contributed by atoms with Crippen molar-refractivity contribution in [1.82, 2.24) is 0 Å². The molecule has 0 aliphatic rings. The van der Waals surface area contributed by atoms with Crippen LogP contribution in [-0.2, 0) is 5.60 Å². The van der Waals surface area contributed by atoms with Crippen molar-refractivity contribution in [3.05, 3.63) is 40.9 Å². The summed E-state index contributed by atoms with van der Waals surface area (Å²) in [6.07, 6.45) is 0. The molecule has 0 aliphatic heterocycles. The van der Waals surface area contributed by atoms with Crippen LogP contribution in [0.25, 0.3) is 0 Å². The monoisotopic (exact) mass is 229 g/mol. The predicted molar refractivity (Wildman–Crippen MR) is 49.9 cm³/mol. The molecule has 0 aliphatic carbocycles. The Bertz CT molecular complexity index is 254. The Morgan fingerprint density at radius 2 is 1.83 bits per heavy atom. The molecular weight excluding hydrogens is 220 g/mol. The van der Waals surface area contributed by atoms with Gasteiger partial charge in [-0.25, -0.2) is 0 Å². The quantitative estimate of drug-likeness (QED) is 0.817. The molecule has 1 unspecified atom stereocenters. The van der Waals surface area contributed by atoms with Crippen molar-refractivity contribution in [2.75, 3.05) is 0 Å². The minimum Gasteiger partial charge on any atom is -0.387 e. The highest BCUT2D eigenvalue weighted by atomic mass is 79.9. The van der Waals surface area contributed by atoms with Gasteiger partial charge in [0.2, 0.25) is 0 Å². The van der Waals surface area contributed by atoms with Gasteiger partial charge in [-0.1, -0.05) is 28.1 Å². The van der Waals surface area contributed by atoms with Crippen LogP contribution in [0.2, 0.25) is 0 Å². The summed E-state index contributed by atoms with van der Waals surface area (Å²) < 4.78 is 0.944. The van der Waals surface area contributed by atoms with Gasteiger partial charge in [0.15, 0.2) is 0 Å². The maximum atomic E-state index is 9.56. The van der Waals surface area contributed by atoms with E-state index in [1.807, 2.05) is 12.1 Å². The molecule has 2 N–H and O–H groups in total. The summed E-state index contributed by atoms with van der Waals surface area (Å²) in [4.78, 5) is 0. The van der Waals surface area contributed by atoms with Crippen molar-refractivity contribution < 1.29 is 10.2 Å². The summed E-state index contributed by atoms with van der Waals surface area (Å²) in [6.45, 7) is 2.30. The summed E-state index contributed by atoms with van der Waals surface area (Å²) in [6, 6.07) is 7.12. The molecule has 12 heavy (non-hydrogen) atoms. The van der Waals surface area contributed by atoms with Gasteiger partial charge in [-0.3, -0.25) is 0 Å². The Labute approximate surface area is 80.0 Å². The third-order valence-corrected chi connectivity index (χ3v) is 2.21. The van der Waals surface area contributed by atoms with Crippen LogP contribution in [-0.4, -0.2) is 10.2 Å². The van der Waals surface area contributed by atoms with E-state index < -0.39 is 5.60 Å². The van der Waals surface area contributed by atoms with Crippen molar-refractivity contribution in [2.24, 2.45) is 0 Å². The first-order valence-electron chi connectivity index (χ1n) is 3.53. The van der Waals surface area contributed by atoms with Crippen LogP contribution in [0, 0.1) is 6.61 Å². The molecule has 0 saturated heterocycles. The first-order valence-corrected chi connectivity index (χ1v) is 4.32. The molecule has 0 bridgehead atoms. The van der Waals surface area contributed by atoms with E-state index in [1.54, 1.807) is 12.1 Å². The standard InChI is InChI=1S/C9H10BrO2/c1-9(12,6-11)7-2-4-8(10)5-3-7/h2-6,11-12H,1H3. The first-order chi connectivity index (χ1) is 5.56. The molecule has 65 valence electrons. The Hall–Kier alpha value is -0.380. The van der Waals surface area contributed by atoms with Crippen LogP contribution in [0.3, 0.4) is 0 Å². The molecule has 0 amide bonds. The Morgan fingerprint density at radius 3 is 2.25 bits per heavy atom. The average Bonchev–Trinajstić information content (AvgIpc) is 2.05. The molecule has 1 radical (unpaired) electrons. The molecule has 3 heteroatoms. The summed E-state index contributed by atoms with van der Waals surface area (Å²) in [7, 11) is 0. The minimum atomic E-state index is -1.26. The van der Waals surface area contributed by atoms with E-state index in [1.165, 1.54) is 6.92 Å². The number of hydrogen-bond donors (Lipinski definition) is 2. The zero-order chi connectivity index (χ0) is 9.19. The van der Waals surface area contributed by atoms with Gasteiger partial charge >= 0.3 is 0 Å². The zero-order valence-corrected chi connectivity index (χ0v) is 8.25. The molecular formula is C9H10BrO2. The van der Waals surface area contributed by atoms with Crippen molar-refractivity contribution in [3.8, 4) is 0 Å². The number of rotatable bonds is 2. The van der Waals surface area contributed by atoms with Crippen LogP contribution >= 0.6 is 15.9 Å². The average molecular weight is 230 g/mol. The van der Waals surface area contributed by atoms with Crippen molar-refractivity contribution in [1.29, 1.82) is 0 Å². The SMILES string of the molecule is CC(O)([CH]O)c1ccc(Br)cc1.